The lowest BCUT2D eigenvalue weighted by Crippen LogP contribution is -2.35. The van der Waals surface area contributed by atoms with Crippen molar-refractivity contribution in [1.82, 2.24) is 0 Å². The third-order valence-corrected chi connectivity index (χ3v) is 4.90. The number of hydrogen-bond acceptors (Lipinski definition) is 4. The monoisotopic (exact) mass is 402 g/mol. The van der Waals surface area contributed by atoms with E-state index < -0.39 is 23.6 Å². The number of ether oxygens (including phenoxy) is 2. The molecule has 0 spiro atoms. The van der Waals surface area contributed by atoms with Crippen molar-refractivity contribution in [2.45, 2.75) is 50.9 Å². The normalized spacial score (nSPS) is 14.4. The summed E-state index contributed by atoms with van der Waals surface area (Å²) in [6.45, 7) is 4.18. The third-order valence-electron chi connectivity index (χ3n) is 4.33. The molecular formula is C23H27ClO4. The van der Waals surface area contributed by atoms with Gasteiger partial charge in [0, 0.05) is 6.08 Å². The Morgan fingerprint density at radius 2 is 1.86 bits per heavy atom. The van der Waals surface area contributed by atoms with Crippen LogP contribution >= 0.6 is 11.6 Å². The summed E-state index contributed by atoms with van der Waals surface area (Å²) < 4.78 is 11.2. The van der Waals surface area contributed by atoms with Crippen molar-refractivity contribution in [3.8, 4) is 5.75 Å². The standard InChI is InChI=1S/C23H27ClO4/c1-3-20(25)23(24)21(4-2)28-22(26)14-13-17-11-8-12-19(15-17)27-16-18-9-6-5-7-10-18/h5-15,20-21,23,25H,3-4,16H2,1-2H3/t20-,21+,23?/m0/s1. The molecule has 0 heterocycles. The molecule has 0 amide bonds. The second-order valence-corrected chi connectivity index (χ2v) is 6.99. The van der Waals surface area contributed by atoms with Crippen molar-refractivity contribution in [2.24, 2.45) is 0 Å². The van der Waals surface area contributed by atoms with E-state index in [1.54, 1.807) is 6.08 Å². The highest BCUT2D eigenvalue weighted by Crippen LogP contribution is 2.19. The minimum atomic E-state index is -0.707. The SMILES string of the molecule is CC[C@H](O)C(Cl)[C@@H](CC)OC(=O)C=Cc1cccc(OCc2ccccc2)c1. The Hall–Kier alpha value is -2.30. The van der Waals surface area contributed by atoms with Gasteiger partial charge in [-0.15, -0.1) is 11.6 Å². The number of benzene rings is 2. The van der Waals surface area contributed by atoms with Crippen LogP contribution in [0.15, 0.2) is 60.7 Å². The van der Waals surface area contributed by atoms with E-state index >= 15 is 0 Å². The highest BCUT2D eigenvalue weighted by molar-refractivity contribution is 6.21. The molecule has 1 N–H and O–H groups in total. The second kappa shape index (κ2) is 11.5. The van der Waals surface area contributed by atoms with Crippen molar-refractivity contribution in [2.75, 3.05) is 0 Å². The first-order valence-electron chi connectivity index (χ1n) is 9.51. The van der Waals surface area contributed by atoms with E-state index in [9.17, 15) is 9.90 Å². The predicted octanol–water partition coefficient (Wildman–Crippen LogP) is 4.98. The van der Waals surface area contributed by atoms with Crippen LogP contribution in [0, 0.1) is 0 Å². The molecule has 0 saturated heterocycles. The molecule has 150 valence electrons. The lowest BCUT2D eigenvalue weighted by Gasteiger charge is -2.24. The molecule has 1 unspecified atom stereocenters. The van der Waals surface area contributed by atoms with Crippen LogP contribution < -0.4 is 4.74 Å². The summed E-state index contributed by atoms with van der Waals surface area (Å²) in [6, 6.07) is 17.4. The molecule has 2 aromatic rings. The van der Waals surface area contributed by atoms with Crippen LogP contribution in [0.1, 0.15) is 37.8 Å². The molecule has 0 aromatic heterocycles. The molecule has 3 atom stereocenters. The number of carbonyl (C=O) groups is 1. The fourth-order valence-electron chi connectivity index (χ4n) is 2.65. The molecule has 0 bridgehead atoms. The summed E-state index contributed by atoms with van der Waals surface area (Å²) in [4.78, 5) is 12.1. The average molecular weight is 403 g/mol. The lowest BCUT2D eigenvalue weighted by molar-refractivity contribution is -0.144. The van der Waals surface area contributed by atoms with Gasteiger partial charge in [-0.05, 0) is 42.2 Å². The Labute approximate surface area is 171 Å². The summed E-state index contributed by atoms with van der Waals surface area (Å²) in [5.41, 5.74) is 1.91. The largest absolute Gasteiger partial charge is 0.489 e. The molecule has 0 aliphatic carbocycles. The van der Waals surface area contributed by atoms with E-state index in [4.69, 9.17) is 21.1 Å². The van der Waals surface area contributed by atoms with Crippen molar-refractivity contribution < 1.29 is 19.4 Å². The Balaban J connectivity index is 1.93. The number of alkyl halides is 1. The zero-order valence-electron chi connectivity index (χ0n) is 16.3. The summed E-state index contributed by atoms with van der Waals surface area (Å²) in [6.07, 6.45) is 2.84. The molecule has 2 rings (SSSR count). The molecule has 4 nitrogen and oxygen atoms in total. The van der Waals surface area contributed by atoms with Crippen molar-refractivity contribution in [3.63, 3.8) is 0 Å². The smallest absolute Gasteiger partial charge is 0.331 e. The van der Waals surface area contributed by atoms with Gasteiger partial charge in [0.2, 0.25) is 0 Å². The molecule has 0 fully saturated rings. The van der Waals surface area contributed by atoms with Gasteiger partial charge in [0.25, 0.3) is 0 Å². The Kier molecular flexibility index (Phi) is 9.05. The van der Waals surface area contributed by atoms with Gasteiger partial charge < -0.3 is 14.6 Å². The minimum Gasteiger partial charge on any atom is -0.489 e. The number of carbonyl (C=O) groups excluding carboxylic acids is 1. The van der Waals surface area contributed by atoms with Gasteiger partial charge in [-0.3, -0.25) is 0 Å². The van der Waals surface area contributed by atoms with E-state index in [0.717, 1.165) is 16.9 Å². The lowest BCUT2D eigenvalue weighted by atomic mass is 10.1. The van der Waals surface area contributed by atoms with Crippen molar-refractivity contribution in [1.29, 1.82) is 0 Å². The van der Waals surface area contributed by atoms with Gasteiger partial charge >= 0.3 is 5.97 Å². The molecule has 0 radical (unpaired) electrons. The highest BCUT2D eigenvalue weighted by atomic mass is 35.5. The average Bonchev–Trinajstić information content (AvgIpc) is 2.74. The molecule has 5 heteroatoms. The topological polar surface area (TPSA) is 55.8 Å². The first-order valence-corrected chi connectivity index (χ1v) is 9.94. The van der Waals surface area contributed by atoms with Crippen LogP contribution in [-0.2, 0) is 16.1 Å². The Bertz CT molecular complexity index is 760. The first kappa shape index (κ1) is 22.0. The van der Waals surface area contributed by atoms with E-state index in [1.807, 2.05) is 68.4 Å². The summed E-state index contributed by atoms with van der Waals surface area (Å²) in [7, 11) is 0. The zero-order chi connectivity index (χ0) is 20.4. The zero-order valence-corrected chi connectivity index (χ0v) is 17.0. The maximum absolute atomic E-state index is 12.1. The van der Waals surface area contributed by atoms with Gasteiger partial charge in [0.15, 0.2) is 0 Å². The number of esters is 1. The number of halogens is 1. The summed E-state index contributed by atoms with van der Waals surface area (Å²) in [5.74, 6) is 0.231. The maximum Gasteiger partial charge on any atom is 0.331 e. The van der Waals surface area contributed by atoms with Crippen LogP contribution in [0.4, 0.5) is 0 Å². The van der Waals surface area contributed by atoms with Gasteiger partial charge in [0.1, 0.15) is 18.5 Å². The van der Waals surface area contributed by atoms with Gasteiger partial charge in [-0.2, -0.15) is 0 Å². The Morgan fingerprint density at radius 3 is 2.54 bits per heavy atom. The van der Waals surface area contributed by atoms with Crippen LogP contribution in [0.2, 0.25) is 0 Å². The first-order chi connectivity index (χ1) is 13.5. The molecule has 0 aliphatic rings. The van der Waals surface area contributed by atoms with Crippen molar-refractivity contribution in [3.05, 3.63) is 71.8 Å². The second-order valence-electron chi connectivity index (χ2n) is 6.48. The molecule has 0 saturated carbocycles. The van der Waals surface area contributed by atoms with E-state index in [-0.39, 0.29) is 0 Å². The minimum absolute atomic E-state index is 0.477. The number of aliphatic hydroxyl groups is 1. The number of aliphatic hydroxyl groups excluding tert-OH is 1. The third kappa shape index (κ3) is 7.02. The van der Waals surface area contributed by atoms with Gasteiger partial charge in [-0.25, -0.2) is 4.79 Å². The quantitative estimate of drug-likeness (QED) is 0.346. The van der Waals surface area contributed by atoms with Crippen LogP contribution in [0.25, 0.3) is 6.08 Å². The van der Waals surface area contributed by atoms with Gasteiger partial charge in [0.05, 0.1) is 11.5 Å². The molecule has 2 aromatic carbocycles. The Morgan fingerprint density at radius 1 is 1.11 bits per heavy atom. The maximum atomic E-state index is 12.1. The van der Waals surface area contributed by atoms with Crippen LogP contribution in [-0.4, -0.2) is 28.7 Å². The van der Waals surface area contributed by atoms with Crippen LogP contribution in [0.5, 0.6) is 5.75 Å². The van der Waals surface area contributed by atoms with Gasteiger partial charge in [-0.1, -0.05) is 56.3 Å². The van der Waals surface area contributed by atoms with E-state index in [1.165, 1.54) is 6.08 Å². The number of rotatable bonds is 10. The number of hydrogen-bond donors (Lipinski definition) is 1. The summed E-state index contributed by atoms with van der Waals surface area (Å²) in [5, 5.41) is 9.23. The van der Waals surface area contributed by atoms with E-state index in [2.05, 4.69) is 0 Å². The fraction of sp³-hybridized carbons (Fsp3) is 0.348. The predicted molar refractivity (Wildman–Crippen MR) is 112 cm³/mol. The molecule has 0 aliphatic heterocycles. The van der Waals surface area contributed by atoms with Crippen molar-refractivity contribution >= 4 is 23.6 Å². The van der Waals surface area contributed by atoms with E-state index in [0.29, 0.717) is 19.4 Å². The summed E-state index contributed by atoms with van der Waals surface area (Å²) >= 11 is 6.20. The highest BCUT2D eigenvalue weighted by Gasteiger charge is 2.26. The van der Waals surface area contributed by atoms with Crippen LogP contribution in [0.3, 0.4) is 0 Å². The molecule has 28 heavy (non-hydrogen) atoms. The molecular weight excluding hydrogens is 376 g/mol. The fourth-order valence-corrected chi connectivity index (χ4v) is 3.06.